The topological polar surface area (TPSA) is 59.4 Å². The smallest absolute Gasteiger partial charge is 0.155 e. The number of carbonyl (C=O) groups excluding carboxylic acids is 1. The van der Waals surface area contributed by atoms with E-state index in [2.05, 4.69) is 11.1 Å². The van der Waals surface area contributed by atoms with Crippen LogP contribution in [0, 0.1) is 6.07 Å². The number of methoxy groups -OCH3 is 1. The number of rotatable bonds is 7. The maximum absolute atomic E-state index is 11.0. The summed E-state index contributed by atoms with van der Waals surface area (Å²) in [7, 11) is 1.58. The van der Waals surface area contributed by atoms with E-state index in [4.69, 9.17) is 4.74 Å². The van der Waals surface area contributed by atoms with Crippen LogP contribution in [0.3, 0.4) is 0 Å². The van der Waals surface area contributed by atoms with Crippen molar-refractivity contribution in [2.24, 2.45) is 0 Å². The zero-order valence-electron chi connectivity index (χ0n) is 13.7. The molecule has 4 nitrogen and oxygen atoms in total. The monoisotopic (exact) mass is 503 g/mol. The molecule has 1 radical (unpaired) electrons. The van der Waals surface area contributed by atoms with Crippen molar-refractivity contribution >= 4 is 5.78 Å². The summed E-state index contributed by atoms with van der Waals surface area (Å²) >= 11 is 0. The normalized spacial score (nSPS) is 12.3. The van der Waals surface area contributed by atoms with Gasteiger partial charge in [-0.3, -0.25) is 4.79 Å². The van der Waals surface area contributed by atoms with Gasteiger partial charge in [0.25, 0.3) is 0 Å². The first-order valence-corrected chi connectivity index (χ1v) is 7.44. The van der Waals surface area contributed by atoms with Crippen molar-refractivity contribution in [3.63, 3.8) is 0 Å². The molecule has 5 heteroatoms. The third-order valence-electron chi connectivity index (χ3n) is 3.37. The van der Waals surface area contributed by atoms with Crippen LogP contribution < -0.4 is 0 Å². The summed E-state index contributed by atoms with van der Waals surface area (Å²) in [6.07, 6.45) is 1.80. The summed E-state index contributed by atoms with van der Waals surface area (Å²) in [5, 5.41) is 9.77. The summed E-state index contributed by atoms with van der Waals surface area (Å²) < 4.78 is 5.39. The van der Waals surface area contributed by atoms with Gasteiger partial charge in [0.15, 0.2) is 5.78 Å². The molecule has 2 aromatic rings. The number of hydrogen-bond acceptors (Lipinski definition) is 4. The van der Waals surface area contributed by atoms with Crippen molar-refractivity contribution in [1.29, 1.82) is 0 Å². The Balaban J connectivity index is 0.00000288. The van der Waals surface area contributed by atoms with E-state index in [-0.39, 0.29) is 44.2 Å². The molecule has 0 aliphatic carbocycles. The fraction of sp³-hybridized carbons (Fsp3) is 0.263. The number of benzene rings is 1. The Hall–Kier alpha value is -1.81. The summed E-state index contributed by atoms with van der Waals surface area (Å²) in [5.41, 5.74) is 2.64. The van der Waals surface area contributed by atoms with Crippen LogP contribution in [0.5, 0.6) is 0 Å². The first-order chi connectivity index (χ1) is 11.1. The van der Waals surface area contributed by atoms with E-state index < -0.39 is 0 Å². The maximum atomic E-state index is 11.0. The zero-order valence-corrected chi connectivity index (χ0v) is 16.0. The number of hydrogen-bond donors (Lipinski definition) is 1. The van der Waals surface area contributed by atoms with Gasteiger partial charge in [-0.05, 0) is 18.7 Å². The second-order valence-electron chi connectivity index (χ2n) is 5.30. The van der Waals surface area contributed by atoms with Gasteiger partial charge in [0.1, 0.15) is 0 Å². The van der Waals surface area contributed by atoms with E-state index in [1.165, 1.54) is 13.0 Å². The SMILES string of the molecule is COC(C/C(O)=C/C(C)=O)Cc1cccc(-c2[c-]cccc2)n1.[Ir]. The number of aromatic nitrogens is 1. The molecule has 2 rings (SSSR count). The summed E-state index contributed by atoms with van der Waals surface area (Å²) in [4.78, 5) is 15.6. The number of allylic oxidation sites excluding steroid dienone is 1. The quantitative estimate of drug-likeness (QED) is 0.358. The molecule has 1 unspecified atom stereocenters. The van der Waals surface area contributed by atoms with E-state index in [0.29, 0.717) is 6.42 Å². The van der Waals surface area contributed by atoms with Crippen LogP contribution in [0.1, 0.15) is 19.0 Å². The van der Waals surface area contributed by atoms with Gasteiger partial charge in [0.2, 0.25) is 0 Å². The van der Waals surface area contributed by atoms with Crippen LogP contribution in [0.2, 0.25) is 0 Å². The molecule has 0 aliphatic heterocycles. The molecule has 1 N–H and O–H groups in total. The van der Waals surface area contributed by atoms with Gasteiger partial charge in [-0.1, -0.05) is 12.1 Å². The van der Waals surface area contributed by atoms with Crippen molar-refractivity contribution in [3.05, 3.63) is 66.1 Å². The van der Waals surface area contributed by atoms with Crippen molar-refractivity contribution in [2.75, 3.05) is 7.11 Å². The van der Waals surface area contributed by atoms with Gasteiger partial charge in [0.05, 0.1) is 11.9 Å². The van der Waals surface area contributed by atoms with Gasteiger partial charge in [-0.2, -0.15) is 0 Å². The number of carbonyl (C=O) groups is 1. The molecule has 0 fully saturated rings. The van der Waals surface area contributed by atoms with Crippen molar-refractivity contribution in [1.82, 2.24) is 4.98 Å². The van der Waals surface area contributed by atoms with Crippen LogP contribution in [0.15, 0.2) is 54.3 Å². The van der Waals surface area contributed by atoms with Gasteiger partial charge < -0.3 is 14.8 Å². The predicted molar refractivity (Wildman–Crippen MR) is 89.0 cm³/mol. The van der Waals surface area contributed by atoms with Gasteiger partial charge >= 0.3 is 0 Å². The van der Waals surface area contributed by atoms with Crippen molar-refractivity contribution in [3.8, 4) is 11.3 Å². The average molecular weight is 503 g/mol. The third-order valence-corrected chi connectivity index (χ3v) is 3.37. The summed E-state index contributed by atoms with van der Waals surface area (Å²) in [5.74, 6) is -0.158. The Kier molecular flexibility index (Phi) is 8.55. The fourth-order valence-electron chi connectivity index (χ4n) is 2.29. The summed E-state index contributed by atoms with van der Waals surface area (Å²) in [6, 6.07) is 16.6. The van der Waals surface area contributed by atoms with E-state index in [1.54, 1.807) is 7.11 Å². The Morgan fingerprint density at radius 2 is 2.12 bits per heavy atom. The molecule has 1 atom stereocenters. The minimum Gasteiger partial charge on any atom is -0.512 e. The third kappa shape index (κ3) is 6.36. The number of aliphatic hydroxyl groups excluding tert-OH is 1. The Bertz CT molecular complexity index is 686. The first kappa shape index (κ1) is 20.2. The number of ketones is 1. The van der Waals surface area contributed by atoms with E-state index in [1.807, 2.05) is 42.5 Å². The molecule has 0 bridgehead atoms. The molecule has 1 heterocycles. The molecular weight excluding hydrogens is 482 g/mol. The zero-order chi connectivity index (χ0) is 16.7. The Morgan fingerprint density at radius 3 is 2.75 bits per heavy atom. The second-order valence-corrected chi connectivity index (χ2v) is 5.30. The summed E-state index contributed by atoms with van der Waals surface area (Å²) in [6.45, 7) is 1.40. The molecular formula is C19H20IrNO3-. The standard InChI is InChI=1S/C19H20NO3.Ir/c1-14(21)11-17(22)13-18(23-2)12-16-9-6-10-19(20-16)15-7-4-3-5-8-15;/h3-7,9-11,18,22H,12-13H2,1-2H3;/q-1;/b17-11-;. The first-order valence-electron chi connectivity index (χ1n) is 7.44. The number of ether oxygens (including phenoxy) is 1. The van der Waals surface area contributed by atoms with Gasteiger partial charge in [-0.25, -0.2) is 0 Å². The Morgan fingerprint density at radius 1 is 1.33 bits per heavy atom. The van der Waals surface area contributed by atoms with Crippen LogP contribution in [0.25, 0.3) is 11.3 Å². The molecule has 0 saturated heterocycles. The van der Waals surface area contributed by atoms with Crippen molar-refractivity contribution < 1.29 is 34.7 Å². The largest absolute Gasteiger partial charge is 0.512 e. The van der Waals surface area contributed by atoms with Gasteiger partial charge in [0, 0.05) is 51.8 Å². The number of aliphatic hydroxyl groups is 1. The second kappa shape index (κ2) is 10.1. The van der Waals surface area contributed by atoms with Crippen LogP contribution in [-0.2, 0) is 36.1 Å². The van der Waals surface area contributed by atoms with E-state index >= 15 is 0 Å². The molecule has 0 saturated carbocycles. The molecule has 129 valence electrons. The molecule has 0 aliphatic rings. The number of nitrogens with zero attached hydrogens (tertiary/aromatic N) is 1. The molecule has 0 amide bonds. The molecule has 1 aromatic heterocycles. The molecule has 24 heavy (non-hydrogen) atoms. The average Bonchev–Trinajstić information content (AvgIpc) is 2.54. The van der Waals surface area contributed by atoms with Crippen LogP contribution in [-0.4, -0.2) is 29.1 Å². The molecule has 0 spiro atoms. The minimum absolute atomic E-state index is 0. The van der Waals surface area contributed by atoms with E-state index in [0.717, 1.165) is 17.0 Å². The van der Waals surface area contributed by atoms with Gasteiger partial charge in [-0.15, -0.1) is 35.9 Å². The maximum Gasteiger partial charge on any atom is 0.155 e. The Labute approximate surface area is 155 Å². The molecule has 1 aromatic carbocycles. The number of pyridine rings is 1. The van der Waals surface area contributed by atoms with Crippen molar-refractivity contribution in [2.45, 2.75) is 25.9 Å². The van der Waals surface area contributed by atoms with E-state index in [9.17, 15) is 9.90 Å². The minimum atomic E-state index is -0.242. The predicted octanol–water partition coefficient (Wildman–Crippen LogP) is 3.52. The fourth-order valence-corrected chi connectivity index (χ4v) is 2.29. The van der Waals surface area contributed by atoms with Crippen LogP contribution in [0.4, 0.5) is 0 Å². The van der Waals surface area contributed by atoms with Crippen LogP contribution >= 0.6 is 0 Å².